The average molecular weight is 363 g/mol. The van der Waals surface area contributed by atoms with Crippen molar-refractivity contribution in [3.63, 3.8) is 0 Å². The van der Waals surface area contributed by atoms with Crippen molar-refractivity contribution in [1.82, 2.24) is 10.6 Å². The van der Waals surface area contributed by atoms with Crippen molar-refractivity contribution < 1.29 is 18.0 Å². The van der Waals surface area contributed by atoms with Gasteiger partial charge in [0.25, 0.3) is 0 Å². The summed E-state index contributed by atoms with van der Waals surface area (Å²) in [5, 5.41) is 5.90. The highest BCUT2D eigenvalue weighted by Crippen LogP contribution is 2.58. The van der Waals surface area contributed by atoms with Crippen molar-refractivity contribution in [2.75, 3.05) is 13.1 Å². The third kappa shape index (κ3) is 4.42. The van der Waals surface area contributed by atoms with Gasteiger partial charge in [0.2, 0.25) is 5.91 Å². The van der Waals surface area contributed by atoms with Gasteiger partial charge in [0.05, 0.1) is 12.5 Å². The first-order valence-electron chi connectivity index (χ1n) is 8.02. The lowest BCUT2D eigenvalue weighted by Crippen LogP contribution is -2.36. The Hall–Kier alpha value is -1.27. The summed E-state index contributed by atoms with van der Waals surface area (Å²) < 4.78 is 38.5. The Morgan fingerprint density at radius 1 is 1.25 bits per heavy atom. The maximum Gasteiger partial charge on any atom is 0.391 e. The van der Waals surface area contributed by atoms with Crippen molar-refractivity contribution >= 4 is 18.3 Å². The summed E-state index contributed by atoms with van der Waals surface area (Å²) in [5.74, 6) is -0.367. The van der Waals surface area contributed by atoms with Gasteiger partial charge in [-0.05, 0) is 43.3 Å². The summed E-state index contributed by atoms with van der Waals surface area (Å²) in [6.45, 7) is 1.77. The molecule has 2 fully saturated rings. The number of hydrogen-bond acceptors (Lipinski definition) is 2. The Bertz CT molecular complexity index is 559. The van der Waals surface area contributed by atoms with Crippen LogP contribution in [-0.2, 0) is 4.79 Å². The van der Waals surface area contributed by atoms with Crippen LogP contribution in [0.4, 0.5) is 13.2 Å². The second-order valence-electron chi connectivity index (χ2n) is 6.66. The molecular weight excluding hydrogens is 341 g/mol. The molecule has 1 aliphatic heterocycles. The molecule has 2 atom stereocenters. The van der Waals surface area contributed by atoms with E-state index >= 15 is 0 Å². The summed E-state index contributed by atoms with van der Waals surface area (Å²) >= 11 is 0. The van der Waals surface area contributed by atoms with E-state index in [1.165, 1.54) is 0 Å². The molecule has 7 heteroatoms. The molecule has 1 amide bonds. The highest BCUT2D eigenvalue weighted by atomic mass is 35.5. The highest BCUT2D eigenvalue weighted by molar-refractivity contribution is 5.85. The molecule has 3 rings (SSSR count). The number of piperidine rings is 1. The number of nitrogens with one attached hydrogen (secondary N) is 2. The first kappa shape index (κ1) is 19.1. The Morgan fingerprint density at radius 2 is 1.88 bits per heavy atom. The van der Waals surface area contributed by atoms with Crippen LogP contribution in [0.5, 0.6) is 0 Å². The quantitative estimate of drug-likeness (QED) is 0.859. The zero-order chi connectivity index (χ0) is 16.5. The lowest BCUT2D eigenvalue weighted by atomic mass is 9.91. The smallest absolute Gasteiger partial charge is 0.349 e. The molecule has 1 saturated carbocycles. The lowest BCUT2D eigenvalue weighted by Gasteiger charge is -2.25. The normalized spacial score (nSPS) is 23.2. The van der Waals surface area contributed by atoms with Gasteiger partial charge in [-0.2, -0.15) is 13.2 Å². The standard InChI is InChI=1S/C17H21F3N2O.ClH/c18-17(19,20)11-14(12-4-2-1-3-5-12)22-15(23)13-10-16(13)6-8-21-9-7-16;/h1-5,13-14,21H,6-11H2,(H,22,23);1H. The molecule has 2 unspecified atom stereocenters. The van der Waals surface area contributed by atoms with Gasteiger partial charge in [-0.1, -0.05) is 30.3 Å². The lowest BCUT2D eigenvalue weighted by molar-refractivity contribution is -0.143. The van der Waals surface area contributed by atoms with Gasteiger partial charge in [0, 0.05) is 5.92 Å². The number of rotatable bonds is 4. The first-order chi connectivity index (χ1) is 10.9. The van der Waals surface area contributed by atoms with Gasteiger partial charge in [-0.25, -0.2) is 0 Å². The summed E-state index contributed by atoms with van der Waals surface area (Å²) in [7, 11) is 0. The molecule has 0 bridgehead atoms. The van der Waals surface area contributed by atoms with E-state index < -0.39 is 18.6 Å². The SMILES string of the molecule is Cl.O=C(NC(CC(F)(F)F)c1ccccc1)C1CC12CCNCC2. The Morgan fingerprint density at radius 3 is 2.46 bits per heavy atom. The van der Waals surface area contributed by atoms with Gasteiger partial charge in [0.1, 0.15) is 0 Å². The number of carbonyl (C=O) groups excluding carboxylic acids is 1. The summed E-state index contributed by atoms with van der Waals surface area (Å²) in [5.41, 5.74) is 0.521. The van der Waals surface area contributed by atoms with Crippen LogP contribution in [0.1, 0.15) is 37.3 Å². The van der Waals surface area contributed by atoms with E-state index in [1.807, 2.05) is 0 Å². The number of carbonyl (C=O) groups is 1. The van der Waals surface area contributed by atoms with E-state index in [1.54, 1.807) is 30.3 Å². The van der Waals surface area contributed by atoms with Crippen molar-refractivity contribution in [3.8, 4) is 0 Å². The van der Waals surface area contributed by atoms with E-state index in [0.29, 0.717) is 5.56 Å². The van der Waals surface area contributed by atoms with E-state index in [0.717, 1.165) is 32.4 Å². The van der Waals surface area contributed by atoms with Crippen LogP contribution in [0, 0.1) is 11.3 Å². The fourth-order valence-electron chi connectivity index (χ4n) is 3.64. The van der Waals surface area contributed by atoms with Crippen LogP contribution < -0.4 is 10.6 Å². The molecule has 0 aromatic heterocycles. The van der Waals surface area contributed by atoms with Gasteiger partial charge in [0.15, 0.2) is 0 Å². The van der Waals surface area contributed by atoms with Crippen LogP contribution in [0.3, 0.4) is 0 Å². The minimum atomic E-state index is -4.32. The zero-order valence-corrected chi connectivity index (χ0v) is 14.1. The molecule has 1 saturated heterocycles. The van der Waals surface area contributed by atoms with Crippen molar-refractivity contribution in [2.24, 2.45) is 11.3 Å². The molecule has 0 radical (unpaired) electrons. The largest absolute Gasteiger partial charge is 0.391 e. The molecule has 3 nitrogen and oxygen atoms in total. The maximum atomic E-state index is 12.8. The molecule has 1 heterocycles. The van der Waals surface area contributed by atoms with Gasteiger partial charge in [-0.15, -0.1) is 12.4 Å². The van der Waals surface area contributed by atoms with Crippen LogP contribution in [0.25, 0.3) is 0 Å². The summed E-state index contributed by atoms with van der Waals surface area (Å²) in [6, 6.07) is 7.38. The van der Waals surface area contributed by atoms with E-state index in [4.69, 9.17) is 0 Å². The Kier molecular flexibility index (Phi) is 5.81. The van der Waals surface area contributed by atoms with Crippen LogP contribution in [0.2, 0.25) is 0 Å². The number of hydrogen-bond donors (Lipinski definition) is 2. The first-order valence-corrected chi connectivity index (χ1v) is 8.02. The molecule has 1 spiro atoms. The number of amides is 1. The summed E-state index contributed by atoms with van der Waals surface area (Å²) in [6.07, 6.45) is -2.69. The average Bonchev–Trinajstić information content (AvgIpc) is 3.20. The fourth-order valence-corrected chi connectivity index (χ4v) is 3.64. The molecule has 1 aromatic rings. The van der Waals surface area contributed by atoms with Gasteiger partial charge >= 0.3 is 6.18 Å². The molecule has 2 aliphatic rings. The molecule has 1 aromatic carbocycles. The van der Waals surface area contributed by atoms with Gasteiger partial charge in [-0.3, -0.25) is 4.79 Å². The minimum absolute atomic E-state index is 0. The maximum absolute atomic E-state index is 12.8. The molecular formula is C17H22ClF3N2O. The zero-order valence-electron chi connectivity index (χ0n) is 13.2. The monoisotopic (exact) mass is 362 g/mol. The van der Waals surface area contributed by atoms with Crippen molar-refractivity contribution in [2.45, 2.75) is 37.9 Å². The number of halogens is 4. The van der Waals surface area contributed by atoms with Crippen LogP contribution in [-0.4, -0.2) is 25.2 Å². The van der Waals surface area contributed by atoms with E-state index in [9.17, 15) is 18.0 Å². The minimum Gasteiger partial charge on any atom is -0.349 e. The third-order valence-corrected chi connectivity index (χ3v) is 5.06. The summed E-state index contributed by atoms with van der Waals surface area (Å²) in [4.78, 5) is 12.4. The predicted octanol–water partition coefficient (Wildman–Crippen LogP) is 3.61. The second kappa shape index (κ2) is 7.31. The van der Waals surface area contributed by atoms with Crippen LogP contribution in [0.15, 0.2) is 30.3 Å². The van der Waals surface area contributed by atoms with E-state index in [-0.39, 0.29) is 29.6 Å². The number of benzene rings is 1. The fraction of sp³-hybridized carbons (Fsp3) is 0.588. The molecule has 2 N–H and O–H groups in total. The molecule has 1 aliphatic carbocycles. The Labute approximate surface area is 145 Å². The predicted molar refractivity (Wildman–Crippen MR) is 87.9 cm³/mol. The van der Waals surface area contributed by atoms with Crippen LogP contribution >= 0.6 is 12.4 Å². The second-order valence-corrected chi connectivity index (χ2v) is 6.66. The molecule has 24 heavy (non-hydrogen) atoms. The van der Waals surface area contributed by atoms with Crippen molar-refractivity contribution in [1.29, 1.82) is 0 Å². The molecule has 134 valence electrons. The topological polar surface area (TPSA) is 41.1 Å². The Balaban J connectivity index is 0.00000208. The van der Waals surface area contributed by atoms with Crippen molar-refractivity contribution in [3.05, 3.63) is 35.9 Å². The van der Waals surface area contributed by atoms with Gasteiger partial charge < -0.3 is 10.6 Å². The van der Waals surface area contributed by atoms with E-state index in [2.05, 4.69) is 10.6 Å². The highest BCUT2D eigenvalue weighted by Gasteiger charge is 2.57. The third-order valence-electron chi connectivity index (χ3n) is 5.06. The number of alkyl halides is 3.